The normalized spacial score (nSPS) is 10.2. The molecule has 0 amide bonds. The van der Waals surface area contributed by atoms with Gasteiger partial charge in [0.05, 0.1) is 7.11 Å². The summed E-state index contributed by atoms with van der Waals surface area (Å²) in [6.45, 7) is 3.13. The number of nitrogens with zero attached hydrogens (tertiary/aromatic N) is 2. The highest BCUT2D eigenvalue weighted by molar-refractivity contribution is 5.56. The molecule has 0 saturated heterocycles. The van der Waals surface area contributed by atoms with Crippen molar-refractivity contribution < 1.29 is 4.74 Å². The van der Waals surface area contributed by atoms with E-state index >= 15 is 0 Å². The fourth-order valence-electron chi connectivity index (χ4n) is 1.94. The van der Waals surface area contributed by atoms with Gasteiger partial charge in [-0.3, -0.25) is 0 Å². The van der Waals surface area contributed by atoms with Crippen LogP contribution < -0.4 is 15.4 Å². The monoisotopic (exact) mass is 286 g/mol. The number of ether oxygens (including phenoxy) is 1. The molecule has 0 aliphatic heterocycles. The molecule has 21 heavy (non-hydrogen) atoms. The molecule has 1 aromatic heterocycles. The van der Waals surface area contributed by atoms with Gasteiger partial charge in [-0.05, 0) is 24.6 Å². The van der Waals surface area contributed by atoms with E-state index in [-0.39, 0.29) is 0 Å². The molecular weight excluding hydrogens is 264 g/mol. The maximum Gasteiger partial charge on any atom is 0.229 e. The average molecular weight is 286 g/mol. The number of nitrogens with one attached hydrogen (secondary N) is 2. The Morgan fingerprint density at radius 2 is 2.10 bits per heavy atom. The lowest BCUT2D eigenvalue weighted by Crippen LogP contribution is -2.05. The lowest BCUT2D eigenvalue weighted by molar-refractivity contribution is 0.415. The first-order valence-corrected chi connectivity index (χ1v) is 7.30. The van der Waals surface area contributed by atoms with Crippen molar-refractivity contribution in [3.8, 4) is 5.75 Å². The molecule has 2 N–H and O–H groups in total. The molecule has 0 unspecified atom stereocenters. The number of unbranched alkanes of at least 4 members (excludes halogenated alkanes) is 2. The van der Waals surface area contributed by atoms with Crippen LogP contribution in [0.25, 0.3) is 0 Å². The molecule has 1 aromatic carbocycles. The van der Waals surface area contributed by atoms with Crippen molar-refractivity contribution in [3.05, 3.63) is 36.5 Å². The van der Waals surface area contributed by atoms with Crippen LogP contribution >= 0.6 is 0 Å². The van der Waals surface area contributed by atoms with Gasteiger partial charge in [0.25, 0.3) is 0 Å². The minimum atomic E-state index is 0.573. The molecule has 0 saturated carbocycles. The van der Waals surface area contributed by atoms with Crippen molar-refractivity contribution >= 4 is 17.5 Å². The first kappa shape index (κ1) is 15.1. The van der Waals surface area contributed by atoms with Crippen molar-refractivity contribution in [2.75, 3.05) is 24.3 Å². The van der Waals surface area contributed by atoms with Gasteiger partial charge >= 0.3 is 0 Å². The van der Waals surface area contributed by atoms with Gasteiger partial charge in [-0.25, -0.2) is 4.98 Å². The number of benzene rings is 1. The third kappa shape index (κ3) is 4.95. The van der Waals surface area contributed by atoms with E-state index in [1.807, 2.05) is 30.3 Å². The molecule has 0 atom stereocenters. The average Bonchev–Trinajstić information content (AvgIpc) is 2.52. The number of rotatable bonds is 8. The van der Waals surface area contributed by atoms with Gasteiger partial charge in [0.15, 0.2) is 0 Å². The Morgan fingerprint density at radius 3 is 2.90 bits per heavy atom. The zero-order chi connectivity index (χ0) is 14.9. The van der Waals surface area contributed by atoms with Gasteiger partial charge in [-0.2, -0.15) is 4.98 Å². The van der Waals surface area contributed by atoms with Crippen LogP contribution in [-0.2, 0) is 0 Å². The lowest BCUT2D eigenvalue weighted by atomic mass is 10.2. The van der Waals surface area contributed by atoms with E-state index in [2.05, 4.69) is 27.5 Å². The van der Waals surface area contributed by atoms with E-state index in [1.54, 1.807) is 13.3 Å². The Labute approximate surface area is 125 Å². The fourth-order valence-corrected chi connectivity index (χ4v) is 1.94. The molecule has 0 bridgehead atoms. The summed E-state index contributed by atoms with van der Waals surface area (Å²) in [6, 6.07) is 9.56. The Kier molecular flexibility index (Phi) is 5.82. The van der Waals surface area contributed by atoms with Gasteiger partial charge in [0, 0.05) is 24.5 Å². The van der Waals surface area contributed by atoms with E-state index in [0.29, 0.717) is 5.95 Å². The first-order chi connectivity index (χ1) is 10.3. The summed E-state index contributed by atoms with van der Waals surface area (Å²) in [4.78, 5) is 8.68. The van der Waals surface area contributed by atoms with Crippen LogP contribution in [-0.4, -0.2) is 23.6 Å². The van der Waals surface area contributed by atoms with Gasteiger partial charge in [0.1, 0.15) is 11.6 Å². The molecule has 0 fully saturated rings. The van der Waals surface area contributed by atoms with E-state index in [0.717, 1.165) is 30.2 Å². The van der Waals surface area contributed by atoms with Gasteiger partial charge in [-0.1, -0.05) is 25.8 Å². The molecule has 0 aliphatic rings. The molecule has 2 aromatic rings. The van der Waals surface area contributed by atoms with Crippen molar-refractivity contribution in [3.63, 3.8) is 0 Å². The molecular formula is C16H22N4O. The third-order valence-corrected chi connectivity index (χ3v) is 3.07. The third-order valence-electron chi connectivity index (χ3n) is 3.07. The molecule has 0 radical (unpaired) electrons. The Morgan fingerprint density at radius 1 is 1.19 bits per heavy atom. The minimum absolute atomic E-state index is 0.573. The van der Waals surface area contributed by atoms with Gasteiger partial charge < -0.3 is 15.4 Å². The molecule has 1 heterocycles. The number of methoxy groups -OCH3 is 1. The Balaban J connectivity index is 1.96. The molecule has 112 valence electrons. The second-order valence-electron chi connectivity index (χ2n) is 4.76. The van der Waals surface area contributed by atoms with Crippen molar-refractivity contribution in [2.45, 2.75) is 26.2 Å². The predicted octanol–water partition coefficient (Wildman–Crippen LogP) is 3.83. The SMILES string of the molecule is CCCCCNc1ccnc(Nc2cccc(OC)c2)n1. The summed E-state index contributed by atoms with van der Waals surface area (Å²) in [5.74, 6) is 2.21. The first-order valence-electron chi connectivity index (χ1n) is 7.30. The summed E-state index contributed by atoms with van der Waals surface area (Å²) in [5, 5.41) is 6.49. The minimum Gasteiger partial charge on any atom is -0.497 e. The number of anilines is 3. The Bertz CT molecular complexity index is 559. The van der Waals surface area contributed by atoms with Gasteiger partial charge in [0.2, 0.25) is 5.95 Å². The van der Waals surface area contributed by atoms with E-state index in [1.165, 1.54) is 12.8 Å². The number of hydrogen-bond donors (Lipinski definition) is 2. The van der Waals surface area contributed by atoms with E-state index in [4.69, 9.17) is 4.74 Å². The van der Waals surface area contributed by atoms with E-state index in [9.17, 15) is 0 Å². The molecule has 0 aliphatic carbocycles. The molecule has 5 nitrogen and oxygen atoms in total. The highest BCUT2D eigenvalue weighted by Crippen LogP contribution is 2.19. The quantitative estimate of drug-likeness (QED) is 0.722. The molecule has 0 spiro atoms. The molecule has 5 heteroatoms. The summed E-state index contributed by atoms with van der Waals surface area (Å²) in [6.07, 6.45) is 5.35. The van der Waals surface area contributed by atoms with Crippen LogP contribution in [0, 0.1) is 0 Å². The predicted molar refractivity (Wildman–Crippen MR) is 86.3 cm³/mol. The highest BCUT2D eigenvalue weighted by Gasteiger charge is 2.01. The zero-order valence-electron chi connectivity index (χ0n) is 12.6. The number of aromatic nitrogens is 2. The fraction of sp³-hybridized carbons (Fsp3) is 0.375. The maximum absolute atomic E-state index is 5.20. The van der Waals surface area contributed by atoms with Crippen molar-refractivity contribution in [2.24, 2.45) is 0 Å². The van der Waals surface area contributed by atoms with Crippen LogP contribution in [0.5, 0.6) is 5.75 Å². The van der Waals surface area contributed by atoms with Crippen LogP contribution in [0.4, 0.5) is 17.5 Å². The summed E-state index contributed by atoms with van der Waals surface area (Å²) in [7, 11) is 1.65. The van der Waals surface area contributed by atoms with E-state index < -0.39 is 0 Å². The zero-order valence-corrected chi connectivity index (χ0v) is 12.6. The van der Waals surface area contributed by atoms with Crippen molar-refractivity contribution in [1.82, 2.24) is 9.97 Å². The van der Waals surface area contributed by atoms with Crippen LogP contribution in [0.15, 0.2) is 36.5 Å². The second kappa shape index (κ2) is 8.09. The highest BCUT2D eigenvalue weighted by atomic mass is 16.5. The van der Waals surface area contributed by atoms with Crippen LogP contribution in [0.2, 0.25) is 0 Å². The van der Waals surface area contributed by atoms with Crippen LogP contribution in [0.1, 0.15) is 26.2 Å². The van der Waals surface area contributed by atoms with Crippen molar-refractivity contribution in [1.29, 1.82) is 0 Å². The largest absolute Gasteiger partial charge is 0.497 e. The second-order valence-corrected chi connectivity index (χ2v) is 4.76. The van der Waals surface area contributed by atoms with Gasteiger partial charge in [-0.15, -0.1) is 0 Å². The summed E-state index contributed by atoms with van der Waals surface area (Å²) >= 11 is 0. The summed E-state index contributed by atoms with van der Waals surface area (Å²) < 4.78 is 5.20. The standard InChI is InChI=1S/C16H22N4O/c1-3-4-5-10-17-15-9-11-18-16(20-15)19-13-7-6-8-14(12-13)21-2/h6-9,11-12H,3-5,10H2,1-2H3,(H2,17,18,19,20). The smallest absolute Gasteiger partial charge is 0.229 e. The summed E-state index contributed by atoms with van der Waals surface area (Å²) in [5.41, 5.74) is 0.900. The van der Waals surface area contributed by atoms with Crippen LogP contribution in [0.3, 0.4) is 0 Å². The number of hydrogen-bond acceptors (Lipinski definition) is 5. The molecule has 2 rings (SSSR count). The topological polar surface area (TPSA) is 59.1 Å². The maximum atomic E-state index is 5.20. The lowest BCUT2D eigenvalue weighted by Gasteiger charge is -2.09. The Hall–Kier alpha value is -2.30.